The SMILES string of the molecule is Clc1nccc(N2CCC(c3nc(COc4ccc(-n5cnnn5)cc4)cs3)CC2)n1. The fraction of sp³-hybridized carbons (Fsp3) is 0.300. The van der Waals surface area contributed by atoms with E-state index in [0.29, 0.717) is 12.5 Å². The van der Waals surface area contributed by atoms with E-state index in [1.165, 1.54) is 5.01 Å². The van der Waals surface area contributed by atoms with E-state index in [0.717, 1.165) is 48.9 Å². The summed E-state index contributed by atoms with van der Waals surface area (Å²) in [6.07, 6.45) is 5.32. The summed E-state index contributed by atoms with van der Waals surface area (Å²) in [7, 11) is 0. The molecule has 1 aliphatic rings. The Labute approximate surface area is 187 Å². The van der Waals surface area contributed by atoms with Gasteiger partial charge in [-0.2, -0.15) is 0 Å². The maximum absolute atomic E-state index is 5.92. The number of benzene rings is 1. The number of ether oxygens (including phenoxy) is 1. The molecule has 0 aliphatic carbocycles. The monoisotopic (exact) mass is 454 g/mol. The van der Waals surface area contributed by atoms with Crippen molar-refractivity contribution in [3.8, 4) is 11.4 Å². The van der Waals surface area contributed by atoms with Crippen LogP contribution in [0.3, 0.4) is 0 Å². The molecule has 5 rings (SSSR count). The Hall–Kier alpha value is -3.11. The fourth-order valence-electron chi connectivity index (χ4n) is 3.57. The van der Waals surface area contributed by atoms with Gasteiger partial charge in [0.15, 0.2) is 0 Å². The Balaban J connectivity index is 1.15. The Kier molecular flexibility index (Phi) is 5.72. The quantitative estimate of drug-likeness (QED) is 0.408. The van der Waals surface area contributed by atoms with Crippen molar-refractivity contribution in [2.24, 2.45) is 0 Å². The van der Waals surface area contributed by atoms with Crippen molar-refractivity contribution < 1.29 is 4.74 Å². The standard InChI is InChI=1S/C20H19ClN8OS/c21-20-22-8-5-18(25-20)28-9-6-14(7-10-28)19-24-15(12-31-19)11-30-17-3-1-16(2-4-17)29-13-23-26-27-29/h1-5,8,12-14H,6-7,9-11H2. The van der Waals surface area contributed by atoms with Gasteiger partial charge < -0.3 is 9.64 Å². The molecule has 0 amide bonds. The van der Waals surface area contributed by atoms with Crippen LogP contribution in [0.15, 0.2) is 48.2 Å². The highest BCUT2D eigenvalue weighted by atomic mass is 35.5. The Bertz CT molecular complexity index is 1130. The number of halogens is 1. The van der Waals surface area contributed by atoms with Crippen LogP contribution in [0.2, 0.25) is 5.28 Å². The Morgan fingerprint density at radius 3 is 2.68 bits per heavy atom. The van der Waals surface area contributed by atoms with E-state index in [1.54, 1.807) is 28.5 Å². The molecular weight excluding hydrogens is 436 g/mol. The van der Waals surface area contributed by atoms with Gasteiger partial charge in [0.05, 0.1) is 16.4 Å². The van der Waals surface area contributed by atoms with Gasteiger partial charge >= 0.3 is 0 Å². The molecule has 0 N–H and O–H groups in total. The zero-order valence-electron chi connectivity index (χ0n) is 16.5. The van der Waals surface area contributed by atoms with Crippen LogP contribution in [0.1, 0.15) is 29.5 Å². The van der Waals surface area contributed by atoms with Crippen LogP contribution >= 0.6 is 22.9 Å². The highest BCUT2D eigenvalue weighted by Crippen LogP contribution is 2.32. The van der Waals surface area contributed by atoms with E-state index >= 15 is 0 Å². The van der Waals surface area contributed by atoms with Crippen molar-refractivity contribution in [2.45, 2.75) is 25.4 Å². The third-order valence-corrected chi connectivity index (χ3v) is 6.42. The van der Waals surface area contributed by atoms with E-state index in [1.807, 2.05) is 30.3 Å². The summed E-state index contributed by atoms with van der Waals surface area (Å²) >= 11 is 7.63. The molecule has 0 spiro atoms. The summed E-state index contributed by atoms with van der Waals surface area (Å²) in [6, 6.07) is 9.53. The van der Waals surface area contributed by atoms with Gasteiger partial charge in [-0.3, -0.25) is 0 Å². The highest BCUT2D eigenvalue weighted by molar-refractivity contribution is 7.09. The van der Waals surface area contributed by atoms with Crippen molar-refractivity contribution in [3.63, 3.8) is 0 Å². The molecule has 9 nitrogen and oxygen atoms in total. The third-order valence-electron chi connectivity index (χ3n) is 5.19. The van der Waals surface area contributed by atoms with Crippen molar-refractivity contribution in [2.75, 3.05) is 18.0 Å². The number of thiazole rings is 1. The fourth-order valence-corrected chi connectivity index (χ4v) is 4.68. The van der Waals surface area contributed by atoms with Crippen LogP contribution in [0, 0.1) is 0 Å². The number of tetrazole rings is 1. The largest absolute Gasteiger partial charge is 0.487 e. The van der Waals surface area contributed by atoms with E-state index in [-0.39, 0.29) is 5.28 Å². The Morgan fingerprint density at radius 2 is 1.94 bits per heavy atom. The predicted octanol–water partition coefficient (Wildman–Crippen LogP) is 3.53. The first-order valence-corrected chi connectivity index (χ1v) is 11.1. The topological polar surface area (TPSA) is 94.7 Å². The van der Waals surface area contributed by atoms with E-state index < -0.39 is 0 Å². The van der Waals surface area contributed by atoms with Gasteiger partial charge in [0.2, 0.25) is 5.28 Å². The van der Waals surface area contributed by atoms with Gasteiger partial charge in [0.25, 0.3) is 0 Å². The molecule has 1 aliphatic heterocycles. The number of hydrogen-bond acceptors (Lipinski definition) is 9. The zero-order valence-corrected chi connectivity index (χ0v) is 18.1. The maximum Gasteiger partial charge on any atom is 0.224 e. The van der Waals surface area contributed by atoms with Crippen LogP contribution in [0.4, 0.5) is 5.82 Å². The van der Waals surface area contributed by atoms with E-state index in [4.69, 9.17) is 21.3 Å². The van der Waals surface area contributed by atoms with Crippen molar-refractivity contribution >= 4 is 28.8 Å². The molecule has 0 atom stereocenters. The lowest BCUT2D eigenvalue weighted by atomic mass is 9.97. The number of anilines is 1. The Morgan fingerprint density at radius 1 is 1.10 bits per heavy atom. The minimum absolute atomic E-state index is 0.286. The van der Waals surface area contributed by atoms with E-state index in [9.17, 15) is 0 Å². The van der Waals surface area contributed by atoms with Crippen molar-refractivity contribution in [3.05, 3.63) is 64.2 Å². The van der Waals surface area contributed by atoms with Crippen molar-refractivity contribution in [1.82, 2.24) is 35.2 Å². The molecule has 31 heavy (non-hydrogen) atoms. The molecule has 1 fully saturated rings. The van der Waals surface area contributed by atoms with Crippen LogP contribution < -0.4 is 9.64 Å². The summed E-state index contributed by atoms with van der Waals surface area (Å²) in [5.41, 5.74) is 1.83. The molecule has 0 saturated carbocycles. The molecule has 0 radical (unpaired) electrons. The van der Waals surface area contributed by atoms with Gasteiger partial charge in [-0.05, 0) is 65.2 Å². The summed E-state index contributed by atoms with van der Waals surface area (Å²) in [5.74, 6) is 2.13. The van der Waals surface area contributed by atoms with Crippen molar-refractivity contribution in [1.29, 1.82) is 0 Å². The second kappa shape index (κ2) is 8.94. The van der Waals surface area contributed by atoms with Crippen LogP contribution in [0.25, 0.3) is 5.69 Å². The number of piperidine rings is 1. The average Bonchev–Trinajstić information content (AvgIpc) is 3.51. The van der Waals surface area contributed by atoms with Gasteiger partial charge in [-0.15, -0.1) is 16.4 Å². The van der Waals surface area contributed by atoms with Gasteiger partial charge in [-0.25, -0.2) is 19.6 Å². The molecule has 0 bridgehead atoms. The molecule has 11 heteroatoms. The van der Waals surface area contributed by atoms with Gasteiger partial charge in [0.1, 0.15) is 24.5 Å². The summed E-state index contributed by atoms with van der Waals surface area (Å²) in [6.45, 7) is 2.30. The molecule has 0 unspecified atom stereocenters. The first-order valence-electron chi connectivity index (χ1n) is 9.88. The van der Waals surface area contributed by atoms with Crippen LogP contribution in [0.5, 0.6) is 5.75 Å². The van der Waals surface area contributed by atoms with Crippen LogP contribution in [-0.2, 0) is 6.61 Å². The van der Waals surface area contributed by atoms with Crippen LogP contribution in [-0.4, -0.2) is 48.2 Å². The predicted molar refractivity (Wildman–Crippen MR) is 117 cm³/mol. The second-order valence-electron chi connectivity index (χ2n) is 7.16. The lowest BCUT2D eigenvalue weighted by Gasteiger charge is -2.31. The summed E-state index contributed by atoms with van der Waals surface area (Å²) < 4.78 is 7.50. The minimum atomic E-state index is 0.286. The number of nitrogens with zero attached hydrogens (tertiary/aromatic N) is 8. The molecule has 4 heterocycles. The lowest BCUT2D eigenvalue weighted by molar-refractivity contribution is 0.301. The number of rotatable bonds is 6. The average molecular weight is 455 g/mol. The van der Waals surface area contributed by atoms with Gasteiger partial charge in [-0.1, -0.05) is 0 Å². The molecule has 3 aromatic heterocycles. The smallest absolute Gasteiger partial charge is 0.224 e. The molecular formula is C20H19ClN8OS. The molecule has 1 saturated heterocycles. The van der Waals surface area contributed by atoms with E-state index in [2.05, 4.69) is 35.8 Å². The first kappa shape index (κ1) is 19.8. The molecule has 4 aromatic rings. The first-order chi connectivity index (χ1) is 15.2. The maximum atomic E-state index is 5.92. The normalized spacial score (nSPS) is 14.7. The minimum Gasteiger partial charge on any atom is -0.487 e. The number of aromatic nitrogens is 7. The zero-order chi connectivity index (χ0) is 21.0. The molecule has 158 valence electrons. The second-order valence-corrected chi connectivity index (χ2v) is 8.39. The lowest BCUT2D eigenvalue weighted by Crippen LogP contribution is -2.33. The molecule has 1 aromatic carbocycles. The summed E-state index contributed by atoms with van der Waals surface area (Å²) in [5, 5.41) is 14.7. The van der Waals surface area contributed by atoms with Gasteiger partial charge in [0, 0.05) is 30.6 Å². The summed E-state index contributed by atoms with van der Waals surface area (Å²) in [4.78, 5) is 15.3. The third kappa shape index (κ3) is 4.64. The highest BCUT2D eigenvalue weighted by Gasteiger charge is 2.24. The number of hydrogen-bond donors (Lipinski definition) is 0.